The predicted molar refractivity (Wildman–Crippen MR) is 89.7 cm³/mol. The quantitative estimate of drug-likeness (QED) is 0.737. The average molecular weight is 328 g/mol. The molecule has 0 bridgehead atoms. The van der Waals surface area contributed by atoms with Gasteiger partial charge in [0.25, 0.3) is 5.91 Å². The molecule has 2 N–H and O–H groups in total. The molecule has 2 heterocycles. The second kappa shape index (κ2) is 6.98. The molecule has 5 nitrogen and oxygen atoms in total. The van der Waals surface area contributed by atoms with E-state index < -0.39 is 0 Å². The van der Waals surface area contributed by atoms with Gasteiger partial charge in [-0.1, -0.05) is 23.7 Å². The van der Waals surface area contributed by atoms with Gasteiger partial charge in [-0.15, -0.1) is 0 Å². The van der Waals surface area contributed by atoms with Crippen molar-refractivity contribution in [3.8, 4) is 0 Å². The van der Waals surface area contributed by atoms with Crippen LogP contribution in [0, 0.1) is 0 Å². The number of pyridine rings is 1. The average Bonchev–Trinajstić information content (AvgIpc) is 3.09. The third-order valence-corrected chi connectivity index (χ3v) is 3.49. The number of halogens is 1. The molecule has 0 unspecified atom stereocenters. The number of anilines is 2. The zero-order valence-electron chi connectivity index (χ0n) is 12.1. The highest BCUT2D eigenvalue weighted by atomic mass is 35.5. The Morgan fingerprint density at radius 2 is 2.00 bits per heavy atom. The standard InChI is InChI=1S/C17H14ClN3O2/c18-14-5-1-2-6-15(14)21-17(22)16-8-7-12(10-20-16)19-11-13-4-3-9-23-13/h1-10,19H,11H2,(H,21,22). The molecule has 0 spiro atoms. The molecule has 0 atom stereocenters. The van der Waals surface area contributed by atoms with Gasteiger partial charge in [0.15, 0.2) is 0 Å². The maximum Gasteiger partial charge on any atom is 0.274 e. The molecule has 3 rings (SSSR count). The highest BCUT2D eigenvalue weighted by molar-refractivity contribution is 6.33. The summed E-state index contributed by atoms with van der Waals surface area (Å²) in [6.07, 6.45) is 3.22. The maximum absolute atomic E-state index is 12.2. The van der Waals surface area contributed by atoms with Crippen LogP contribution < -0.4 is 10.6 Å². The summed E-state index contributed by atoms with van der Waals surface area (Å²) in [6.45, 7) is 0.555. The van der Waals surface area contributed by atoms with Crippen molar-refractivity contribution in [3.63, 3.8) is 0 Å². The fraction of sp³-hybridized carbons (Fsp3) is 0.0588. The number of para-hydroxylation sites is 1. The van der Waals surface area contributed by atoms with Crippen molar-refractivity contribution in [2.75, 3.05) is 10.6 Å². The van der Waals surface area contributed by atoms with Gasteiger partial charge in [0.1, 0.15) is 11.5 Å². The van der Waals surface area contributed by atoms with Gasteiger partial charge in [-0.3, -0.25) is 4.79 Å². The number of hydrogen-bond acceptors (Lipinski definition) is 4. The number of aromatic nitrogens is 1. The molecular formula is C17H14ClN3O2. The molecule has 116 valence electrons. The molecule has 1 aromatic carbocycles. The molecule has 0 saturated carbocycles. The van der Waals surface area contributed by atoms with Crippen LogP contribution in [0.15, 0.2) is 65.4 Å². The van der Waals surface area contributed by atoms with Crippen LogP contribution in [0.25, 0.3) is 0 Å². The van der Waals surface area contributed by atoms with Crippen molar-refractivity contribution >= 4 is 28.9 Å². The molecule has 23 heavy (non-hydrogen) atoms. The Labute approximate surface area is 138 Å². The largest absolute Gasteiger partial charge is 0.467 e. The Balaban J connectivity index is 1.62. The van der Waals surface area contributed by atoms with Gasteiger partial charge >= 0.3 is 0 Å². The topological polar surface area (TPSA) is 67.2 Å². The summed E-state index contributed by atoms with van der Waals surface area (Å²) in [5, 5.41) is 6.38. The van der Waals surface area contributed by atoms with E-state index in [1.165, 1.54) is 0 Å². The lowest BCUT2D eigenvalue weighted by Crippen LogP contribution is -2.14. The van der Waals surface area contributed by atoms with Crippen molar-refractivity contribution in [3.05, 3.63) is 77.5 Å². The molecule has 0 aliphatic carbocycles. The summed E-state index contributed by atoms with van der Waals surface area (Å²) < 4.78 is 5.24. The molecule has 0 aliphatic heterocycles. The van der Waals surface area contributed by atoms with Crippen LogP contribution in [0.4, 0.5) is 11.4 Å². The highest BCUT2D eigenvalue weighted by Crippen LogP contribution is 2.21. The van der Waals surface area contributed by atoms with Crippen LogP contribution in [-0.4, -0.2) is 10.9 Å². The van der Waals surface area contributed by atoms with Crippen LogP contribution in [0.5, 0.6) is 0 Å². The molecule has 3 aromatic rings. The first-order valence-corrected chi connectivity index (χ1v) is 7.38. The third-order valence-electron chi connectivity index (χ3n) is 3.17. The number of benzene rings is 1. The van der Waals surface area contributed by atoms with E-state index in [9.17, 15) is 4.79 Å². The van der Waals surface area contributed by atoms with Crippen LogP contribution in [0.2, 0.25) is 5.02 Å². The van der Waals surface area contributed by atoms with Crippen molar-refractivity contribution in [2.45, 2.75) is 6.54 Å². The molecule has 2 aromatic heterocycles. The van der Waals surface area contributed by atoms with Gasteiger partial charge in [0.2, 0.25) is 0 Å². The van der Waals surface area contributed by atoms with E-state index in [2.05, 4.69) is 15.6 Å². The molecule has 0 fully saturated rings. The van der Waals surface area contributed by atoms with Crippen molar-refractivity contribution in [2.24, 2.45) is 0 Å². The number of furan rings is 1. The molecule has 6 heteroatoms. The van der Waals surface area contributed by atoms with Crippen LogP contribution in [0.3, 0.4) is 0 Å². The van der Waals surface area contributed by atoms with E-state index >= 15 is 0 Å². The minimum atomic E-state index is -0.310. The zero-order valence-corrected chi connectivity index (χ0v) is 12.9. The smallest absolute Gasteiger partial charge is 0.274 e. The third kappa shape index (κ3) is 3.90. The fourth-order valence-electron chi connectivity index (χ4n) is 1.98. The van der Waals surface area contributed by atoms with E-state index in [4.69, 9.17) is 16.0 Å². The normalized spacial score (nSPS) is 10.3. The summed E-state index contributed by atoms with van der Waals surface area (Å²) in [4.78, 5) is 16.3. The van der Waals surface area contributed by atoms with Gasteiger partial charge in [-0.2, -0.15) is 0 Å². The molecular weight excluding hydrogens is 314 g/mol. The minimum Gasteiger partial charge on any atom is -0.467 e. The molecule has 0 radical (unpaired) electrons. The Hall–Kier alpha value is -2.79. The highest BCUT2D eigenvalue weighted by Gasteiger charge is 2.09. The van der Waals surface area contributed by atoms with E-state index in [-0.39, 0.29) is 5.91 Å². The number of hydrogen-bond donors (Lipinski definition) is 2. The van der Waals surface area contributed by atoms with Crippen molar-refractivity contribution in [1.82, 2.24) is 4.98 Å². The summed E-state index contributed by atoms with van der Waals surface area (Å²) >= 11 is 6.02. The summed E-state index contributed by atoms with van der Waals surface area (Å²) in [7, 11) is 0. The number of carbonyl (C=O) groups is 1. The Bertz CT molecular complexity index is 786. The first-order valence-electron chi connectivity index (χ1n) is 7.00. The summed E-state index contributed by atoms with van der Waals surface area (Å²) in [5.41, 5.74) is 1.67. The van der Waals surface area contributed by atoms with Crippen LogP contribution in [0.1, 0.15) is 16.2 Å². The molecule has 0 saturated heterocycles. The van der Waals surface area contributed by atoms with Crippen molar-refractivity contribution < 1.29 is 9.21 Å². The van der Waals surface area contributed by atoms with Gasteiger partial charge in [-0.05, 0) is 36.4 Å². The zero-order chi connectivity index (χ0) is 16.1. The van der Waals surface area contributed by atoms with E-state index in [1.54, 1.807) is 48.9 Å². The lowest BCUT2D eigenvalue weighted by Gasteiger charge is -2.08. The van der Waals surface area contributed by atoms with Gasteiger partial charge in [0, 0.05) is 0 Å². The number of carbonyl (C=O) groups excluding carboxylic acids is 1. The van der Waals surface area contributed by atoms with Gasteiger partial charge < -0.3 is 15.1 Å². The van der Waals surface area contributed by atoms with E-state index in [1.807, 2.05) is 12.1 Å². The van der Waals surface area contributed by atoms with E-state index in [0.29, 0.717) is 22.9 Å². The molecule has 1 amide bonds. The monoisotopic (exact) mass is 327 g/mol. The Morgan fingerprint density at radius 3 is 2.70 bits per heavy atom. The van der Waals surface area contributed by atoms with E-state index in [0.717, 1.165) is 11.4 Å². The lowest BCUT2D eigenvalue weighted by atomic mass is 10.2. The number of amides is 1. The second-order valence-corrected chi connectivity index (χ2v) is 5.21. The van der Waals surface area contributed by atoms with Crippen LogP contribution in [-0.2, 0) is 6.54 Å². The van der Waals surface area contributed by atoms with Crippen molar-refractivity contribution in [1.29, 1.82) is 0 Å². The second-order valence-electron chi connectivity index (χ2n) is 4.80. The maximum atomic E-state index is 12.2. The fourth-order valence-corrected chi connectivity index (χ4v) is 2.17. The predicted octanol–water partition coefficient (Wildman–Crippen LogP) is 4.19. The van der Waals surface area contributed by atoms with Gasteiger partial charge in [0.05, 0.1) is 35.4 Å². The Kier molecular flexibility index (Phi) is 4.59. The molecule has 0 aliphatic rings. The summed E-state index contributed by atoms with van der Waals surface area (Å²) in [5.74, 6) is 0.515. The van der Waals surface area contributed by atoms with Gasteiger partial charge in [-0.25, -0.2) is 4.98 Å². The van der Waals surface area contributed by atoms with Crippen LogP contribution >= 0.6 is 11.6 Å². The lowest BCUT2D eigenvalue weighted by molar-refractivity contribution is 0.102. The first kappa shape index (κ1) is 15.1. The summed E-state index contributed by atoms with van der Waals surface area (Å²) in [6, 6.07) is 14.2. The number of nitrogens with zero attached hydrogens (tertiary/aromatic N) is 1. The Morgan fingerprint density at radius 1 is 1.13 bits per heavy atom. The number of nitrogens with one attached hydrogen (secondary N) is 2. The first-order chi connectivity index (χ1) is 11.2. The number of rotatable bonds is 5. The SMILES string of the molecule is O=C(Nc1ccccc1Cl)c1ccc(NCc2ccco2)cn1. The minimum absolute atomic E-state index is 0.310.